The van der Waals surface area contributed by atoms with Crippen molar-refractivity contribution >= 4 is 0 Å². The lowest BCUT2D eigenvalue weighted by atomic mass is 10.1. The van der Waals surface area contributed by atoms with Crippen molar-refractivity contribution in [1.29, 1.82) is 0 Å². The molecule has 1 rings (SSSR count). The second kappa shape index (κ2) is 4.25. The van der Waals surface area contributed by atoms with Crippen LogP contribution in [0.25, 0.3) is 0 Å². The van der Waals surface area contributed by atoms with E-state index in [-0.39, 0.29) is 11.1 Å². The number of aryl methyl sites for hydroxylation is 1. The van der Waals surface area contributed by atoms with Gasteiger partial charge in [0.15, 0.2) is 0 Å². The van der Waals surface area contributed by atoms with Crippen molar-refractivity contribution in [3.8, 4) is 0 Å². The topological polar surface area (TPSA) is 75.1 Å². The van der Waals surface area contributed by atoms with E-state index in [4.69, 9.17) is 0 Å². The Morgan fingerprint density at radius 2 is 1.81 bits per heavy atom. The van der Waals surface area contributed by atoms with Crippen LogP contribution in [-0.2, 0) is 6.54 Å². The van der Waals surface area contributed by atoms with Gasteiger partial charge in [0.1, 0.15) is 0 Å². The van der Waals surface area contributed by atoms with Gasteiger partial charge in [-0.25, -0.2) is 4.68 Å². The van der Waals surface area contributed by atoms with E-state index in [1.807, 2.05) is 0 Å². The van der Waals surface area contributed by atoms with Gasteiger partial charge in [-0.3, -0.25) is 14.7 Å². The van der Waals surface area contributed by atoms with Crippen LogP contribution < -0.4 is 11.1 Å². The van der Waals surface area contributed by atoms with Gasteiger partial charge in [-0.2, -0.15) is 0 Å². The zero-order chi connectivity index (χ0) is 12.5. The van der Waals surface area contributed by atoms with Crippen molar-refractivity contribution in [2.75, 3.05) is 0 Å². The molecule has 0 aliphatic rings. The predicted molar refractivity (Wildman–Crippen MR) is 61.7 cm³/mol. The minimum Gasteiger partial charge on any atom is -0.390 e. The molecule has 16 heavy (non-hydrogen) atoms. The molecule has 0 amide bonds. The largest absolute Gasteiger partial charge is 0.390 e. The predicted octanol–water partition coefficient (Wildman–Crippen LogP) is 0.314. The average Bonchev–Trinajstić information content (AvgIpc) is 2.17. The SMILES string of the molecule is Cc1c(C)c(=O)n(CCC(C)(C)O)[nH]c1=O. The molecule has 0 aromatic carbocycles. The Bertz CT molecular complexity index is 491. The van der Waals surface area contributed by atoms with Gasteiger partial charge in [0.25, 0.3) is 11.1 Å². The molecule has 0 atom stereocenters. The molecule has 0 bridgehead atoms. The van der Waals surface area contributed by atoms with Crippen molar-refractivity contribution in [3.05, 3.63) is 31.8 Å². The minimum atomic E-state index is -0.852. The zero-order valence-corrected chi connectivity index (χ0v) is 10.1. The maximum absolute atomic E-state index is 11.8. The Hall–Kier alpha value is -1.36. The van der Waals surface area contributed by atoms with E-state index >= 15 is 0 Å². The normalized spacial score (nSPS) is 11.8. The first-order valence-corrected chi connectivity index (χ1v) is 5.25. The summed E-state index contributed by atoms with van der Waals surface area (Å²) >= 11 is 0. The molecule has 1 aromatic rings. The van der Waals surface area contributed by atoms with Crippen molar-refractivity contribution in [2.45, 2.75) is 46.3 Å². The van der Waals surface area contributed by atoms with Crippen LogP contribution in [0, 0.1) is 13.8 Å². The van der Waals surface area contributed by atoms with Crippen LogP contribution in [0.4, 0.5) is 0 Å². The first-order chi connectivity index (χ1) is 7.22. The summed E-state index contributed by atoms with van der Waals surface area (Å²) in [5, 5.41) is 12.1. The fourth-order valence-corrected chi connectivity index (χ4v) is 1.33. The maximum atomic E-state index is 11.8. The van der Waals surface area contributed by atoms with E-state index in [1.54, 1.807) is 27.7 Å². The van der Waals surface area contributed by atoms with E-state index < -0.39 is 5.60 Å². The number of nitrogens with zero attached hydrogens (tertiary/aromatic N) is 1. The van der Waals surface area contributed by atoms with Crippen LogP contribution in [0.3, 0.4) is 0 Å². The fourth-order valence-electron chi connectivity index (χ4n) is 1.33. The van der Waals surface area contributed by atoms with E-state index in [0.717, 1.165) is 0 Å². The van der Waals surface area contributed by atoms with Gasteiger partial charge in [0.05, 0.1) is 5.60 Å². The fraction of sp³-hybridized carbons (Fsp3) is 0.636. The highest BCUT2D eigenvalue weighted by molar-refractivity contribution is 5.17. The lowest BCUT2D eigenvalue weighted by Crippen LogP contribution is -2.35. The number of rotatable bonds is 3. The first-order valence-electron chi connectivity index (χ1n) is 5.25. The summed E-state index contributed by atoms with van der Waals surface area (Å²) in [6, 6.07) is 0. The summed E-state index contributed by atoms with van der Waals surface area (Å²) in [6.07, 6.45) is 0.408. The van der Waals surface area contributed by atoms with E-state index in [1.165, 1.54) is 4.68 Å². The lowest BCUT2D eigenvalue weighted by molar-refractivity contribution is 0.0645. The molecule has 1 heterocycles. The molecule has 5 nitrogen and oxygen atoms in total. The van der Waals surface area contributed by atoms with Crippen LogP contribution in [-0.4, -0.2) is 20.5 Å². The summed E-state index contributed by atoms with van der Waals surface area (Å²) in [6.45, 7) is 6.89. The molecule has 0 aliphatic carbocycles. The summed E-state index contributed by atoms with van der Waals surface area (Å²) in [7, 11) is 0. The molecule has 0 unspecified atom stereocenters. The Morgan fingerprint density at radius 3 is 2.31 bits per heavy atom. The third-order valence-electron chi connectivity index (χ3n) is 2.65. The van der Waals surface area contributed by atoms with E-state index in [9.17, 15) is 14.7 Å². The Kier molecular flexibility index (Phi) is 3.38. The minimum absolute atomic E-state index is 0.207. The molecule has 1 aromatic heterocycles. The average molecular weight is 226 g/mol. The molecule has 90 valence electrons. The number of hydrogen-bond donors (Lipinski definition) is 2. The monoisotopic (exact) mass is 226 g/mol. The van der Waals surface area contributed by atoms with Crippen LogP contribution in [0.15, 0.2) is 9.59 Å². The maximum Gasteiger partial charge on any atom is 0.268 e. The van der Waals surface area contributed by atoms with Gasteiger partial charge >= 0.3 is 0 Å². The highest BCUT2D eigenvalue weighted by Gasteiger charge is 2.14. The third kappa shape index (κ3) is 2.82. The molecule has 0 fully saturated rings. The molecule has 0 saturated carbocycles. The molecule has 0 saturated heterocycles. The van der Waals surface area contributed by atoms with Crippen molar-refractivity contribution in [1.82, 2.24) is 9.78 Å². The van der Waals surface area contributed by atoms with Crippen molar-refractivity contribution < 1.29 is 5.11 Å². The molecule has 0 aliphatic heterocycles. The number of H-pyrrole nitrogens is 1. The number of nitrogens with one attached hydrogen (secondary N) is 1. The Morgan fingerprint density at radius 1 is 1.25 bits per heavy atom. The summed E-state index contributed by atoms with van der Waals surface area (Å²) < 4.78 is 1.25. The van der Waals surface area contributed by atoms with Crippen LogP contribution in [0.1, 0.15) is 31.4 Å². The smallest absolute Gasteiger partial charge is 0.268 e. The zero-order valence-electron chi connectivity index (χ0n) is 10.1. The van der Waals surface area contributed by atoms with E-state index in [2.05, 4.69) is 5.10 Å². The van der Waals surface area contributed by atoms with Crippen LogP contribution in [0.2, 0.25) is 0 Å². The van der Waals surface area contributed by atoms with Gasteiger partial charge < -0.3 is 5.11 Å². The summed E-state index contributed by atoms with van der Waals surface area (Å²) in [5.41, 5.74) is -0.409. The van der Waals surface area contributed by atoms with Gasteiger partial charge in [-0.15, -0.1) is 0 Å². The number of aliphatic hydroxyl groups is 1. The molecular formula is C11H18N2O3. The van der Waals surface area contributed by atoms with Gasteiger partial charge in [0, 0.05) is 17.7 Å². The Labute approximate surface area is 93.7 Å². The molecule has 2 N–H and O–H groups in total. The van der Waals surface area contributed by atoms with E-state index in [0.29, 0.717) is 24.1 Å². The van der Waals surface area contributed by atoms with Crippen LogP contribution in [0.5, 0.6) is 0 Å². The van der Waals surface area contributed by atoms with Gasteiger partial charge in [0.2, 0.25) is 0 Å². The third-order valence-corrected chi connectivity index (χ3v) is 2.65. The van der Waals surface area contributed by atoms with Gasteiger partial charge in [-0.1, -0.05) is 0 Å². The molecule has 0 radical (unpaired) electrons. The van der Waals surface area contributed by atoms with Crippen molar-refractivity contribution in [2.24, 2.45) is 0 Å². The second-order valence-electron chi connectivity index (χ2n) is 4.71. The standard InChI is InChI=1S/C11H18N2O3/c1-7-8(2)10(15)13(12-9(7)14)6-5-11(3,4)16/h16H,5-6H2,1-4H3,(H,12,14). The number of hydrogen-bond acceptors (Lipinski definition) is 3. The second-order valence-corrected chi connectivity index (χ2v) is 4.71. The van der Waals surface area contributed by atoms with Crippen molar-refractivity contribution in [3.63, 3.8) is 0 Å². The molecule has 5 heteroatoms. The van der Waals surface area contributed by atoms with Crippen LogP contribution >= 0.6 is 0 Å². The highest BCUT2D eigenvalue weighted by Crippen LogP contribution is 2.07. The lowest BCUT2D eigenvalue weighted by Gasteiger charge is -2.17. The van der Waals surface area contributed by atoms with Gasteiger partial charge in [-0.05, 0) is 34.1 Å². The number of aromatic nitrogens is 2. The Balaban J connectivity index is 3.08. The number of aromatic amines is 1. The molecular weight excluding hydrogens is 208 g/mol. The molecule has 0 spiro atoms. The summed E-state index contributed by atoms with van der Waals surface area (Å²) in [5.74, 6) is 0. The first kappa shape index (κ1) is 12.7. The highest BCUT2D eigenvalue weighted by atomic mass is 16.3. The summed E-state index contributed by atoms with van der Waals surface area (Å²) in [4.78, 5) is 23.2. The quantitative estimate of drug-likeness (QED) is 0.779.